The second-order valence-corrected chi connectivity index (χ2v) is 9.37. The number of aryl methyl sites for hydroxylation is 1. The Morgan fingerprint density at radius 3 is 2.59 bits per heavy atom. The third-order valence-corrected chi connectivity index (χ3v) is 6.60. The molecule has 5 nitrogen and oxygen atoms in total. The first-order chi connectivity index (χ1) is 13.9. The number of hydrogen-bond donors (Lipinski definition) is 0. The van der Waals surface area contributed by atoms with E-state index in [2.05, 4.69) is 4.90 Å². The summed E-state index contributed by atoms with van der Waals surface area (Å²) >= 11 is 9.21. The van der Waals surface area contributed by atoms with Crippen LogP contribution in [-0.4, -0.2) is 55.8 Å². The number of likely N-dealkylation sites (N-methyl/N-ethyl adjacent to an activating group) is 1. The van der Waals surface area contributed by atoms with E-state index in [4.69, 9.17) is 21.3 Å². The van der Waals surface area contributed by atoms with Gasteiger partial charge in [-0.1, -0.05) is 22.9 Å². The number of carbonyl (C=O) groups excluding carboxylic acids is 1. The molecular weight excluding hydrogens is 426 g/mol. The van der Waals surface area contributed by atoms with E-state index in [0.717, 1.165) is 33.0 Å². The molecule has 29 heavy (non-hydrogen) atoms. The van der Waals surface area contributed by atoms with Gasteiger partial charge in [0.1, 0.15) is 5.75 Å². The van der Waals surface area contributed by atoms with E-state index in [1.54, 1.807) is 12.0 Å². The third-order valence-electron chi connectivity index (χ3n) is 4.36. The highest BCUT2D eigenvalue weighted by Gasteiger charge is 2.21. The van der Waals surface area contributed by atoms with Crippen LogP contribution in [0.15, 0.2) is 41.3 Å². The summed E-state index contributed by atoms with van der Waals surface area (Å²) in [6.45, 7) is 3.33. The molecule has 0 atom stereocenters. The second-order valence-electron chi connectivity index (χ2n) is 6.88. The number of thioether (sulfide) groups is 1. The predicted molar refractivity (Wildman–Crippen MR) is 124 cm³/mol. The molecule has 0 saturated carbocycles. The molecule has 0 bridgehead atoms. The zero-order valence-electron chi connectivity index (χ0n) is 16.9. The Hall–Kier alpha value is -1.80. The number of hydrogen-bond acceptors (Lipinski definition) is 6. The highest BCUT2D eigenvalue weighted by atomic mass is 35.5. The third kappa shape index (κ3) is 5.63. The molecule has 0 spiro atoms. The predicted octanol–water partition coefficient (Wildman–Crippen LogP) is 4.95. The Morgan fingerprint density at radius 2 is 1.93 bits per heavy atom. The van der Waals surface area contributed by atoms with Crippen LogP contribution in [0.5, 0.6) is 5.75 Å². The van der Waals surface area contributed by atoms with Crippen molar-refractivity contribution in [1.29, 1.82) is 0 Å². The molecule has 154 valence electrons. The first-order valence-electron chi connectivity index (χ1n) is 9.16. The number of fused-ring (bicyclic) bond motifs is 1. The van der Waals surface area contributed by atoms with Gasteiger partial charge in [0.15, 0.2) is 5.13 Å². The molecule has 0 aliphatic carbocycles. The molecule has 1 heterocycles. The van der Waals surface area contributed by atoms with Crippen molar-refractivity contribution < 1.29 is 9.53 Å². The number of methoxy groups -OCH3 is 1. The van der Waals surface area contributed by atoms with Crippen LogP contribution in [-0.2, 0) is 4.79 Å². The summed E-state index contributed by atoms with van der Waals surface area (Å²) in [5.74, 6) is 1.18. The summed E-state index contributed by atoms with van der Waals surface area (Å²) < 4.78 is 6.18. The summed E-state index contributed by atoms with van der Waals surface area (Å²) in [6, 6.07) is 11.5. The van der Waals surface area contributed by atoms with E-state index in [9.17, 15) is 4.79 Å². The van der Waals surface area contributed by atoms with Crippen LogP contribution in [0.1, 0.15) is 5.56 Å². The Bertz CT molecular complexity index is 990. The van der Waals surface area contributed by atoms with Crippen molar-refractivity contribution in [2.75, 3.05) is 44.9 Å². The average molecular weight is 450 g/mol. The summed E-state index contributed by atoms with van der Waals surface area (Å²) in [4.78, 5) is 22.7. The van der Waals surface area contributed by atoms with E-state index < -0.39 is 0 Å². The lowest BCUT2D eigenvalue weighted by atomic mass is 10.2. The smallest absolute Gasteiger partial charge is 0.239 e. The molecule has 1 aromatic heterocycles. The molecule has 3 aromatic rings. The number of carbonyl (C=O) groups is 1. The quantitative estimate of drug-likeness (QED) is 0.455. The number of ether oxygens (including phenoxy) is 1. The molecule has 8 heteroatoms. The minimum Gasteiger partial charge on any atom is -0.497 e. The Balaban J connectivity index is 1.80. The fourth-order valence-corrected chi connectivity index (χ4v) is 5.02. The van der Waals surface area contributed by atoms with Crippen LogP contribution in [0.25, 0.3) is 10.2 Å². The van der Waals surface area contributed by atoms with Crippen molar-refractivity contribution in [2.24, 2.45) is 0 Å². The standard InChI is InChI=1S/C21H24ClN3O2S2/c1-14-11-15(22)12-18-20(14)23-21(29-18)25(10-9-24(2)3)19(26)13-28-17-7-5-16(27-4)6-8-17/h5-8,11-12H,9-10,13H2,1-4H3. The van der Waals surface area contributed by atoms with Crippen LogP contribution >= 0.6 is 34.7 Å². The number of halogens is 1. The van der Waals surface area contributed by atoms with Gasteiger partial charge in [0.25, 0.3) is 0 Å². The highest BCUT2D eigenvalue weighted by molar-refractivity contribution is 8.00. The SMILES string of the molecule is COc1ccc(SCC(=O)N(CCN(C)C)c2nc3c(C)cc(Cl)cc3s2)cc1. The zero-order valence-corrected chi connectivity index (χ0v) is 19.3. The maximum atomic E-state index is 13.1. The fourth-order valence-electron chi connectivity index (χ4n) is 2.78. The van der Waals surface area contributed by atoms with Crippen molar-refractivity contribution in [3.63, 3.8) is 0 Å². The van der Waals surface area contributed by atoms with Crippen molar-refractivity contribution in [3.05, 3.63) is 47.0 Å². The van der Waals surface area contributed by atoms with Gasteiger partial charge < -0.3 is 9.64 Å². The van der Waals surface area contributed by atoms with Gasteiger partial charge >= 0.3 is 0 Å². The molecule has 0 unspecified atom stereocenters. The molecule has 0 radical (unpaired) electrons. The summed E-state index contributed by atoms with van der Waals surface area (Å²) in [7, 11) is 5.63. The Kier molecular flexibility index (Phi) is 7.40. The number of aromatic nitrogens is 1. The number of benzene rings is 2. The lowest BCUT2D eigenvalue weighted by Crippen LogP contribution is -2.37. The summed E-state index contributed by atoms with van der Waals surface area (Å²) in [5.41, 5.74) is 1.92. The summed E-state index contributed by atoms with van der Waals surface area (Å²) in [6.07, 6.45) is 0. The summed E-state index contributed by atoms with van der Waals surface area (Å²) in [5, 5.41) is 1.40. The van der Waals surface area contributed by atoms with E-state index >= 15 is 0 Å². The molecule has 1 amide bonds. The molecular formula is C21H24ClN3O2S2. The minimum atomic E-state index is 0.0375. The Morgan fingerprint density at radius 1 is 1.21 bits per heavy atom. The molecule has 2 aromatic carbocycles. The van der Waals surface area contributed by atoms with Gasteiger partial charge in [0.2, 0.25) is 5.91 Å². The largest absolute Gasteiger partial charge is 0.497 e. The van der Waals surface area contributed by atoms with E-state index in [1.165, 1.54) is 23.1 Å². The highest BCUT2D eigenvalue weighted by Crippen LogP contribution is 2.33. The lowest BCUT2D eigenvalue weighted by molar-refractivity contribution is -0.116. The molecule has 0 saturated heterocycles. The Labute approximate surface area is 184 Å². The topological polar surface area (TPSA) is 45.7 Å². The van der Waals surface area contributed by atoms with Gasteiger partial charge in [-0.3, -0.25) is 9.69 Å². The monoisotopic (exact) mass is 449 g/mol. The van der Waals surface area contributed by atoms with Crippen LogP contribution in [0.3, 0.4) is 0 Å². The minimum absolute atomic E-state index is 0.0375. The van der Waals surface area contributed by atoms with Crippen molar-refractivity contribution >= 4 is 56.0 Å². The first kappa shape index (κ1) is 21.9. The van der Waals surface area contributed by atoms with Gasteiger partial charge in [-0.05, 0) is 63.0 Å². The number of rotatable bonds is 8. The van der Waals surface area contributed by atoms with Crippen molar-refractivity contribution in [3.8, 4) is 5.75 Å². The maximum Gasteiger partial charge on any atom is 0.239 e. The zero-order chi connectivity index (χ0) is 21.0. The molecule has 0 aliphatic rings. The first-order valence-corrected chi connectivity index (χ1v) is 11.3. The van der Waals surface area contributed by atoms with E-state index in [-0.39, 0.29) is 5.91 Å². The molecule has 3 rings (SSSR count). The van der Waals surface area contributed by atoms with E-state index in [1.807, 2.05) is 57.4 Å². The maximum absolute atomic E-state index is 13.1. The van der Waals surface area contributed by atoms with Gasteiger partial charge in [-0.25, -0.2) is 4.98 Å². The number of anilines is 1. The lowest BCUT2D eigenvalue weighted by Gasteiger charge is -2.21. The normalized spacial score (nSPS) is 11.2. The molecule has 0 aliphatic heterocycles. The van der Waals surface area contributed by atoms with Crippen LogP contribution < -0.4 is 9.64 Å². The van der Waals surface area contributed by atoms with Crippen LogP contribution in [0, 0.1) is 6.92 Å². The number of nitrogens with zero attached hydrogens (tertiary/aromatic N) is 3. The van der Waals surface area contributed by atoms with Gasteiger partial charge in [0.05, 0.1) is 23.1 Å². The van der Waals surface area contributed by atoms with Gasteiger partial charge in [-0.2, -0.15) is 0 Å². The van der Waals surface area contributed by atoms with Gasteiger partial charge in [-0.15, -0.1) is 11.8 Å². The molecule has 0 N–H and O–H groups in total. The number of amides is 1. The van der Waals surface area contributed by atoms with E-state index in [0.29, 0.717) is 22.5 Å². The molecule has 0 fully saturated rings. The van der Waals surface area contributed by atoms with Crippen molar-refractivity contribution in [2.45, 2.75) is 11.8 Å². The van der Waals surface area contributed by atoms with Crippen LogP contribution in [0.2, 0.25) is 5.02 Å². The number of thiazole rings is 1. The van der Waals surface area contributed by atoms with Gasteiger partial charge in [0, 0.05) is 23.0 Å². The second kappa shape index (κ2) is 9.80. The fraction of sp³-hybridized carbons (Fsp3) is 0.333. The van der Waals surface area contributed by atoms with Crippen LogP contribution in [0.4, 0.5) is 5.13 Å². The average Bonchev–Trinajstić information content (AvgIpc) is 3.10. The van der Waals surface area contributed by atoms with Crippen molar-refractivity contribution in [1.82, 2.24) is 9.88 Å².